The summed E-state index contributed by atoms with van der Waals surface area (Å²) in [4.78, 5) is 10.6. The number of rotatable bonds is 6. The normalized spacial score (nSPS) is 13.2. The average Bonchev–Trinajstić information content (AvgIpc) is 2.35. The molecular formula is C13H16O4. The summed E-state index contributed by atoms with van der Waals surface area (Å²) in [6, 6.07) is 9.61. The molecule has 0 saturated carbocycles. The third kappa shape index (κ3) is 4.28. The van der Waals surface area contributed by atoms with Gasteiger partial charge in [-0.3, -0.25) is 0 Å². The van der Waals surface area contributed by atoms with E-state index in [1.54, 1.807) is 7.11 Å². The van der Waals surface area contributed by atoms with E-state index in [-0.39, 0.29) is 6.10 Å². The van der Waals surface area contributed by atoms with Gasteiger partial charge in [0.2, 0.25) is 0 Å². The Kier molecular flexibility index (Phi) is 5.23. The van der Waals surface area contributed by atoms with Gasteiger partial charge in [-0.2, -0.15) is 0 Å². The Morgan fingerprint density at radius 3 is 2.47 bits per heavy atom. The van der Waals surface area contributed by atoms with Crippen LogP contribution in [0.5, 0.6) is 0 Å². The first-order valence-electron chi connectivity index (χ1n) is 5.22. The molecule has 0 heterocycles. The van der Waals surface area contributed by atoms with Gasteiger partial charge >= 0.3 is 5.97 Å². The minimum Gasteiger partial charge on any atom is -0.501 e. The van der Waals surface area contributed by atoms with Crippen LogP contribution in [0.1, 0.15) is 18.1 Å². The summed E-state index contributed by atoms with van der Waals surface area (Å²) in [7, 11) is 3.04. The lowest BCUT2D eigenvalue weighted by Gasteiger charge is -2.16. The zero-order chi connectivity index (χ0) is 12.7. The highest BCUT2D eigenvalue weighted by molar-refractivity contribution is 5.80. The van der Waals surface area contributed by atoms with E-state index in [1.807, 2.05) is 30.3 Å². The smallest absolute Gasteiger partial charge is 0.331 e. The first-order valence-corrected chi connectivity index (χ1v) is 5.22. The van der Waals surface area contributed by atoms with E-state index in [4.69, 9.17) is 14.6 Å². The van der Waals surface area contributed by atoms with Gasteiger partial charge in [-0.25, -0.2) is 4.79 Å². The van der Waals surface area contributed by atoms with Gasteiger partial charge in [-0.05, 0) is 5.56 Å². The minimum absolute atomic E-state index is 0.207. The predicted octanol–water partition coefficient (Wildman–Crippen LogP) is 2.38. The highest BCUT2D eigenvalue weighted by Gasteiger charge is 2.13. The van der Waals surface area contributed by atoms with Crippen LogP contribution in [-0.4, -0.2) is 25.3 Å². The number of carbonyl (C=O) groups is 1. The molecule has 1 rings (SSSR count). The summed E-state index contributed by atoms with van der Waals surface area (Å²) in [5.74, 6) is -0.641. The van der Waals surface area contributed by atoms with Crippen molar-refractivity contribution >= 4 is 5.97 Å². The Balaban J connectivity index is 2.79. The van der Waals surface area contributed by atoms with Crippen LogP contribution in [0.3, 0.4) is 0 Å². The molecule has 4 heteroatoms. The standard InChI is InChI=1S/C13H16O4/c1-16-11(9-13(14)15)8-12(17-2)10-6-4-3-5-7-10/h3-7,9,12H,8H2,1-2H3,(H,14,15)/b11-9+. The Morgan fingerprint density at radius 2 is 2.00 bits per heavy atom. The Labute approximate surface area is 100 Å². The molecule has 1 N–H and O–H groups in total. The third-order valence-corrected chi connectivity index (χ3v) is 2.39. The third-order valence-electron chi connectivity index (χ3n) is 2.39. The number of benzene rings is 1. The molecule has 0 fully saturated rings. The number of carboxylic acids is 1. The van der Waals surface area contributed by atoms with E-state index in [0.717, 1.165) is 11.6 Å². The van der Waals surface area contributed by atoms with Gasteiger partial charge in [0, 0.05) is 13.5 Å². The predicted molar refractivity (Wildman–Crippen MR) is 63.5 cm³/mol. The fraction of sp³-hybridized carbons (Fsp3) is 0.308. The van der Waals surface area contributed by atoms with Crippen LogP contribution in [0.4, 0.5) is 0 Å². The number of hydrogen-bond acceptors (Lipinski definition) is 3. The Morgan fingerprint density at radius 1 is 1.35 bits per heavy atom. The molecule has 0 spiro atoms. The first-order chi connectivity index (χ1) is 8.17. The maximum atomic E-state index is 10.6. The van der Waals surface area contributed by atoms with Crippen LogP contribution in [0.25, 0.3) is 0 Å². The summed E-state index contributed by atoms with van der Waals surface area (Å²) in [5, 5.41) is 8.67. The minimum atomic E-state index is -1.02. The van der Waals surface area contributed by atoms with Crippen molar-refractivity contribution in [2.45, 2.75) is 12.5 Å². The zero-order valence-electron chi connectivity index (χ0n) is 9.92. The summed E-state index contributed by atoms with van der Waals surface area (Å²) in [6.07, 6.45) is 1.24. The van der Waals surface area contributed by atoms with Crippen molar-refractivity contribution in [2.75, 3.05) is 14.2 Å². The monoisotopic (exact) mass is 236 g/mol. The Bertz CT molecular complexity index is 384. The summed E-state index contributed by atoms with van der Waals surface area (Å²) in [6.45, 7) is 0. The van der Waals surface area contributed by atoms with Gasteiger partial charge in [0.25, 0.3) is 0 Å². The maximum absolute atomic E-state index is 10.6. The highest BCUT2D eigenvalue weighted by atomic mass is 16.5. The number of carboxylic acid groups (broad SMARTS) is 1. The van der Waals surface area contributed by atoms with Gasteiger partial charge in [0.05, 0.1) is 19.3 Å². The van der Waals surface area contributed by atoms with Gasteiger partial charge in [-0.1, -0.05) is 30.3 Å². The van der Waals surface area contributed by atoms with E-state index < -0.39 is 5.97 Å². The van der Waals surface area contributed by atoms with Gasteiger partial charge in [-0.15, -0.1) is 0 Å². The molecule has 17 heavy (non-hydrogen) atoms. The fourth-order valence-electron chi connectivity index (χ4n) is 1.53. The molecule has 0 saturated heterocycles. The second-order valence-corrected chi connectivity index (χ2v) is 3.49. The van der Waals surface area contributed by atoms with Crippen molar-refractivity contribution in [1.82, 2.24) is 0 Å². The van der Waals surface area contributed by atoms with Crippen LogP contribution < -0.4 is 0 Å². The second kappa shape index (κ2) is 6.70. The molecule has 1 aromatic rings. The number of aliphatic carboxylic acids is 1. The summed E-state index contributed by atoms with van der Waals surface area (Å²) < 4.78 is 10.4. The van der Waals surface area contributed by atoms with Crippen molar-refractivity contribution in [3.05, 3.63) is 47.7 Å². The van der Waals surface area contributed by atoms with Gasteiger partial charge in [0.1, 0.15) is 5.76 Å². The topological polar surface area (TPSA) is 55.8 Å². The van der Waals surface area contributed by atoms with Crippen LogP contribution in [0.15, 0.2) is 42.2 Å². The fourth-order valence-corrected chi connectivity index (χ4v) is 1.53. The molecule has 0 aliphatic rings. The van der Waals surface area contributed by atoms with Crippen molar-refractivity contribution in [3.8, 4) is 0 Å². The second-order valence-electron chi connectivity index (χ2n) is 3.49. The SMILES string of the molecule is CO/C(=C/C(=O)O)CC(OC)c1ccccc1. The van der Waals surface area contributed by atoms with Gasteiger partial charge < -0.3 is 14.6 Å². The molecule has 1 aromatic carbocycles. The molecule has 0 amide bonds. The Hall–Kier alpha value is -1.81. The molecule has 0 radical (unpaired) electrons. The quantitative estimate of drug-likeness (QED) is 0.608. The average molecular weight is 236 g/mol. The number of ether oxygens (including phenoxy) is 2. The molecule has 0 aliphatic carbocycles. The highest BCUT2D eigenvalue weighted by Crippen LogP contribution is 2.24. The van der Waals surface area contributed by atoms with Crippen molar-refractivity contribution in [3.63, 3.8) is 0 Å². The summed E-state index contributed by atoms with van der Waals surface area (Å²) in [5.41, 5.74) is 0.989. The molecule has 4 nitrogen and oxygen atoms in total. The number of methoxy groups -OCH3 is 2. The summed E-state index contributed by atoms with van der Waals surface area (Å²) >= 11 is 0. The maximum Gasteiger partial charge on any atom is 0.331 e. The molecule has 0 aliphatic heterocycles. The molecule has 92 valence electrons. The first kappa shape index (κ1) is 13.3. The lowest BCUT2D eigenvalue weighted by Crippen LogP contribution is -2.05. The van der Waals surface area contributed by atoms with Crippen LogP contribution in [0, 0.1) is 0 Å². The van der Waals surface area contributed by atoms with Crippen LogP contribution in [-0.2, 0) is 14.3 Å². The van der Waals surface area contributed by atoms with Gasteiger partial charge in [0.15, 0.2) is 0 Å². The molecule has 0 bridgehead atoms. The largest absolute Gasteiger partial charge is 0.501 e. The van der Waals surface area contributed by atoms with E-state index in [1.165, 1.54) is 7.11 Å². The van der Waals surface area contributed by atoms with E-state index >= 15 is 0 Å². The van der Waals surface area contributed by atoms with E-state index in [9.17, 15) is 4.79 Å². The van der Waals surface area contributed by atoms with Crippen LogP contribution >= 0.6 is 0 Å². The molecule has 0 aromatic heterocycles. The lowest BCUT2D eigenvalue weighted by molar-refractivity contribution is -0.131. The van der Waals surface area contributed by atoms with Crippen molar-refractivity contribution < 1.29 is 19.4 Å². The molecule has 1 unspecified atom stereocenters. The lowest BCUT2D eigenvalue weighted by atomic mass is 10.1. The van der Waals surface area contributed by atoms with Crippen molar-refractivity contribution in [1.29, 1.82) is 0 Å². The number of hydrogen-bond donors (Lipinski definition) is 1. The van der Waals surface area contributed by atoms with Crippen molar-refractivity contribution in [2.24, 2.45) is 0 Å². The van der Waals surface area contributed by atoms with Crippen LogP contribution in [0.2, 0.25) is 0 Å². The van der Waals surface area contributed by atoms with E-state index in [0.29, 0.717) is 12.2 Å². The molecular weight excluding hydrogens is 220 g/mol. The van der Waals surface area contributed by atoms with E-state index in [2.05, 4.69) is 0 Å². The molecule has 1 atom stereocenters. The zero-order valence-corrected chi connectivity index (χ0v) is 9.92.